The molecule has 0 aliphatic carbocycles. The normalized spacial score (nSPS) is 11.2. The highest BCUT2D eigenvalue weighted by molar-refractivity contribution is 5.73. The minimum absolute atomic E-state index is 0.0678. The van der Waals surface area contributed by atoms with Crippen molar-refractivity contribution in [1.29, 1.82) is 0 Å². The third-order valence-electron chi connectivity index (χ3n) is 4.96. The number of nitro groups is 1. The van der Waals surface area contributed by atoms with Gasteiger partial charge in [-0.3, -0.25) is 10.1 Å². The van der Waals surface area contributed by atoms with E-state index in [0.29, 0.717) is 5.75 Å². The molecule has 2 aromatic carbocycles. The van der Waals surface area contributed by atoms with E-state index in [1.165, 1.54) is 6.07 Å². The summed E-state index contributed by atoms with van der Waals surface area (Å²) in [7, 11) is 1.61. The standard InChI is InChI=1S/C24H21N3O4/c1-17-20(25-24-22(30-2)9-6-14-26(17)24)12-10-18-11-13-21(27(28)29)23(15-18)31-16-19-7-4-3-5-8-19/h3-15H,16H2,1-2H3/b12-10+. The zero-order valence-electron chi connectivity index (χ0n) is 17.2. The van der Waals surface area contributed by atoms with E-state index in [9.17, 15) is 10.1 Å². The van der Waals surface area contributed by atoms with E-state index < -0.39 is 4.92 Å². The summed E-state index contributed by atoms with van der Waals surface area (Å²) in [6.07, 6.45) is 5.67. The van der Waals surface area contributed by atoms with Crippen molar-refractivity contribution in [3.05, 3.63) is 99.5 Å². The number of nitro benzene ring substituents is 1. The van der Waals surface area contributed by atoms with Crippen LogP contribution in [0.2, 0.25) is 0 Å². The lowest BCUT2D eigenvalue weighted by Crippen LogP contribution is -1.99. The second kappa shape index (κ2) is 8.71. The molecule has 0 spiro atoms. The fraction of sp³-hybridized carbons (Fsp3) is 0.125. The highest BCUT2D eigenvalue weighted by atomic mass is 16.6. The molecule has 7 nitrogen and oxygen atoms in total. The van der Waals surface area contributed by atoms with Crippen LogP contribution in [0.5, 0.6) is 11.5 Å². The number of pyridine rings is 1. The highest BCUT2D eigenvalue weighted by Crippen LogP contribution is 2.30. The molecule has 156 valence electrons. The Morgan fingerprint density at radius 2 is 1.87 bits per heavy atom. The maximum absolute atomic E-state index is 11.4. The van der Waals surface area contributed by atoms with Gasteiger partial charge in [-0.15, -0.1) is 0 Å². The average Bonchev–Trinajstić information content (AvgIpc) is 3.12. The van der Waals surface area contributed by atoms with Gasteiger partial charge in [0.2, 0.25) is 0 Å². The summed E-state index contributed by atoms with van der Waals surface area (Å²) in [6.45, 7) is 2.23. The molecule has 0 saturated carbocycles. The zero-order valence-corrected chi connectivity index (χ0v) is 17.2. The molecule has 0 amide bonds. The molecule has 7 heteroatoms. The highest BCUT2D eigenvalue weighted by Gasteiger charge is 2.16. The van der Waals surface area contributed by atoms with Gasteiger partial charge in [-0.1, -0.05) is 36.4 Å². The van der Waals surface area contributed by atoms with Crippen LogP contribution in [0, 0.1) is 17.0 Å². The molecule has 0 aliphatic heterocycles. The van der Waals surface area contributed by atoms with Crippen molar-refractivity contribution < 1.29 is 14.4 Å². The first-order valence-corrected chi connectivity index (χ1v) is 9.71. The van der Waals surface area contributed by atoms with Gasteiger partial charge in [0.1, 0.15) is 6.61 Å². The maximum Gasteiger partial charge on any atom is 0.310 e. The Balaban J connectivity index is 1.62. The molecule has 2 heterocycles. The minimum Gasteiger partial charge on any atom is -0.493 e. The average molecular weight is 415 g/mol. The molecule has 0 atom stereocenters. The van der Waals surface area contributed by atoms with Crippen molar-refractivity contribution in [3.63, 3.8) is 0 Å². The van der Waals surface area contributed by atoms with Gasteiger partial charge in [0.25, 0.3) is 0 Å². The molecule has 4 aromatic rings. The topological polar surface area (TPSA) is 78.9 Å². The first-order chi connectivity index (χ1) is 15.1. The second-order valence-electron chi connectivity index (χ2n) is 6.94. The van der Waals surface area contributed by atoms with E-state index >= 15 is 0 Å². The van der Waals surface area contributed by atoms with E-state index in [4.69, 9.17) is 9.47 Å². The summed E-state index contributed by atoms with van der Waals surface area (Å²) in [4.78, 5) is 15.6. The van der Waals surface area contributed by atoms with E-state index in [1.807, 2.05) is 72.1 Å². The van der Waals surface area contributed by atoms with Crippen molar-refractivity contribution in [2.75, 3.05) is 7.11 Å². The fourth-order valence-electron chi connectivity index (χ4n) is 3.31. The van der Waals surface area contributed by atoms with Gasteiger partial charge < -0.3 is 13.9 Å². The van der Waals surface area contributed by atoms with Gasteiger partial charge in [0.15, 0.2) is 17.1 Å². The monoisotopic (exact) mass is 415 g/mol. The Labute approximate surface area is 179 Å². The number of benzene rings is 2. The predicted octanol–water partition coefficient (Wildman–Crippen LogP) is 5.31. The van der Waals surface area contributed by atoms with Crippen LogP contribution in [0.4, 0.5) is 5.69 Å². The number of hydrogen-bond acceptors (Lipinski definition) is 5. The summed E-state index contributed by atoms with van der Waals surface area (Å²) in [6, 6.07) is 18.1. The Morgan fingerprint density at radius 3 is 2.61 bits per heavy atom. The minimum atomic E-state index is -0.438. The molecule has 0 saturated heterocycles. The molecule has 0 fully saturated rings. The number of rotatable bonds is 7. The van der Waals surface area contributed by atoms with Gasteiger partial charge in [-0.25, -0.2) is 4.98 Å². The van der Waals surface area contributed by atoms with Gasteiger partial charge in [0, 0.05) is 18.0 Å². The lowest BCUT2D eigenvalue weighted by molar-refractivity contribution is -0.385. The summed E-state index contributed by atoms with van der Waals surface area (Å²) in [5.41, 5.74) is 4.13. The third-order valence-corrected chi connectivity index (χ3v) is 4.96. The van der Waals surface area contributed by atoms with Crippen LogP contribution < -0.4 is 9.47 Å². The van der Waals surface area contributed by atoms with Crippen LogP contribution in [0.3, 0.4) is 0 Å². The SMILES string of the molecule is COc1cccn2c(C)c(/C=C/c3ccc([N+](=O)[O-])c(OCc4ccccc4)c3)nc12. The Morgan fingerprint density at radius 1 is 1.06 bits per heavy atom. The summed E-state index contributed by atoms with van der Waals surface area (Å²) >= 11 is 0. The maximum atomic E-state index is 11.4. The Bertz CT molecular complexity index is 1260. The number of ether oxygens (including phenoxy) is 2. The molecule has 0 unspecified atom stereocenters. The lowest BCUT2D eigenvalue weighted by Gasteiger charge is -2.08. The fourth-order valence-corrected chi connectivity index (χ4v) is 3.31. The number of methoxy groups -OCH3 is 1. The predicted molar refractivity (Wildman–Crippen MR) is 119 cm³/mol. The second-order valence-corrected chi connectivity index (χ2v) is 6.94. The van der Waals surface area contributed by atoms with Crippen molar-refractivity contribution in [2.45, 2.75) is 13.5 Å². The third kappa shape index (κ3) is 4.25. The van der Waals surface area contributed by atoms with Crippen LogP contribution in [0.25, 0.3) is 17.8 Å². The van der Waals surface area contributed by atoms with Gasteiger partial charge in [0.05, 0.1) is 17.7 Å². The molecular formula is C24H21N3O4. The summed E-state index contributed by atoms with van der Waals surface area (Å²) in [5, 5.41) is 11.4. The molecular weight excluding hydrogens is 394 g/mol. The number of nitrogens with zero attached hydrogens (tertiary/aromatic N) is 3. The van der Waals surface area contributed by atoms with Crippen molar-refractivity contribution in [3.8, 4) is 11.5 Å². The van der Waals surface area contributed by atoms with Crippen molar-refractivity contribution in [2.24, 2.45) is 0 Å². The molecule has 0 aliphatic rings. The first kappa shape index (κ1) is 20.2. The number of fused-ring (bicyclic) bond motifs is 1. The Kier molecular flexibility index (Phi) is 5.66. The number of hydrogen-bond donors (Lipinski definition) is 0. The van der Waals surface area contributed by atoms with Crippen LogP contribution >= 0.6 is 0 Å². The molecule has 4 rings (SSSR count). The summed E-state index contributed by atoms with van der Waals surface area (Å²) < 4.78 is 13.1. The summed E-state index contributed by atoms with van der Waals surface area (Å²) in [5.74, 6) is 0.918. The van der Waals surface area contributed by atoms with Crippen molar-refractivity contribution >= 4 is 23.5 Å². The van der Waals surface area contributed by atoms with Crippen LogP contribution in [-0.2, 0) is 6.61 Å². The smallest absolute Gasteiger partial charge is 0.310 e. The van der Waals surface area contributed by atoms with E-state index in [2.05, 4.69) is 4.98 Å². The molecule has 0 N–H and O–H groups in total. The van der Waals surface area contributed by atoms with Gasteiger partial charge >= 0.3 is 5.69 Å². The van der Waals surface area contributed by atoms with E-state index in [-0.39, 0.29) is 18.0 Å². The number of aryl methyl sites for hydroxylation is 1. The van der Waals surface area contributed by atoms with E-state index in [1.54, 1.807) is 19.2 Å². The molecule has 2 aromatic heterocycles. The van der Waals surface area contributed by atoms with Gasteiger partial charge in [-0.2, -0.15) is 0 Å². The van der Waals surface area contributed by atoms with Crippen molar-refractivity contribution in [1.82, 2.24) is 9.38 Å². The molecule has 0 bridgehead atoms. The van der Waals surface area contributed by atoms with E-state index in [0.717, 1.165) is 28.2 Å². The Hall–Kier alpha value is -4.13. The molecule has 31 heavy (non-hydrogen) atoms. The molecule has 0 radical (unpaired) electrons. The van der Waals surface area contributed by atoms with Crippen LogP contribution in [0.1, 0.15) is 22.5 Å². The lowest BCUT2D eigenvalue weighted by atomic mass is 10.1. The number of imidazole rings is 1. The van der Waals surface area contributed by atoms with Gasteiger partial charge in [-0.05, 0) is 48.4 Å². The first-order valence-electron chi connectivity index (χ1n) is 9.71. The largest absolute Gasteiger partial charge is 0.493 e. The zero-order chi connectivity index (χ0) is 21.8. The van der Waals surface area contributed by atoms with Crippen LogP contribution in [0.15, 0.2) is 66.9 Å². The van der Waals surface area contributed by atoms with Crippen LogP contribution in [-0.4, -0.2) is 21.4 Å². The number of aromatic nitrogens is 2. The quantitative estimate of drug-likeness (QED) is 0.302.